The fourth-order valence-electron chi connectivity index (χ4n) is 3.58. The molecule has 0 fully saturated rings. The van der Waals surface area contributed by atoms with Crippen LogP contribution in [0.4, 0.5) is 5.69 Å². The van der Waals surface area contributed by atoms with E-state index in [0.717, 1.165) is 19.9 Å². The summed E-state index contributed by atoms with van der Waals surface area (Å²) in [7, 11) is -2.64. The van der Waals surface area contributed by atoms with Gasteiger partial charge in [0.15, 0.2) is 0 Å². The van der Waals surface area contributed by atoms with E-state index >= 15 is 0 Å². The minimum Gasteiger partial charge on any atom is -0.357 e. The first-order valence-corrected chi connectivity index (χ1v) is 13.7. The molecule has 0 aromatic heterocycles. The molecule has 1 atom stereocenters. The highest BCUT2D eigenvalue weighted by atomic mass is 79.9. The first-order valence-electron chi connectivity index (χ1n) is 11.1. The zero-order valence-electron chi connectivity index (χ0n) is 20.1. The van der Waals surface area contributed by atoms with E-state index in [1.165, 1.54) is 30.1 Å². The molecule has 0 unspecified atom stereocenters. The maximum Gasteiger partial charge on any atom is 0.264 e. The molecule has 3 aromatic carbocycles. The van der Waals surface area contributed by atoms with Gasteiger partial charge >= 0.3 is 0 Å². The van der Waals surface area contributed by atoms with E-state index in [4.69, 9.17) is 11.6 Å². The van der Waals surface area contributed by atoms with Crippen LogP contribution in [0.5, 0.6) is 0 Å². The summed E-state index contributed by atoms with van der Waals surface area (Å²) >= 11 is 9.55. The van der Waals surface area contributed by atoms with Gasteiger partial charge in [-0.1, -0.05) is 63.4 Å². The molecule has 7 nitrogen and oxygen atoms in total. The summed E-state index contributed by atoms with van der Waals surface area (Å²) < 4.78 is 29.3. The number of amides is 2. The van der Waals surface area contributed by atoms with Crippen LogP contribution in [0.25, 0.3) is 0 Å². The standard InChI is InChI=1S/C26H27BrClN3O4S/c1-18-7-13-24(14-8-18)36(34,35)31(23-6-4-5-22(28)15-23)17-25(32)30(19(2)26(33)29-3)16-20-9-11-21(27)12-10-20/h4-15,19H,16-17H2,1-3H3,(H,29,33)/t19-/m1/s1. The Balaban J connectivity index is 2.02. The number of likely N-dealkylation sites (N-methyl/N-ethyl adjacent to an activating group) is 1. The second kappa shape index (κ2) is 11.9. The van der Waals surface area contributed by atoms with E-state index in [-0.39, 0.29) is 23.0 Å². The first-order chi connectivity index (χ1) is 17.0. The van der Waals surface area contributed by atoms with E-state index in [1.54, 1.807) is 37.3 Å². The van der Waals surface area contributed by atoms with E-state index in [1.807, 2.05) is 31.2 Å². The molecule has 0 aliphatic carbocycles. The van der Waals surface area contributed by atoms with Crippen molar-refractivity contribution in [2.45, 2.75) is 31.3 Å². The van der Waals surface area contributed by atoms with E-state index in [2.05, 4.69) is 21.2 Å². The van der Waals surface area contributed by atoms with Gasteiger partial charge < -0.3 is 10.2 Å². The van der Waals surface area contributed by atoms with Crippen molar-refractivity contribution in [1.82, 2.24) is 10.2 Å². The lowest BCUT2D eigenvalue weighted by atomic mass is 10.1. The quantitative estimate of drug-likeness (QED) is 0.388. The molecule has 190 valence electrons. The van der Waals surface area contributed by atoms with E-state index in [0.29, 0.717) is 5.02 Å². The van der Waals surface area contributed by atoms with Crippen molar-refractivity contribution in [1.29, 1.82) is 0 Å². The minimum atomic E-state index is -4.13. The van der Waals surface area contributed by atoms with Gasteiger partial charge in [0.2, 0.25) is 11.8 Å². The van der Waals surface area contributed by atoms with Crippen LogP contribution in [0.1, 0.15) is 18.1 Å². The Kier molecular flexibility index (Phi) is 9.16. The van der Waals surface area contributed by atoms with Gasteiger partial charge in [-0.2, -0.15) is 0 Å². The molecule has 36 heavy (non-hydrogen) atoms. The molecule has 0 heterocycles. The van der Waals surface area contributed by atoms with Crippen LogP contribution in [0, 0.1) is 6.92 Å². The lowest BCUT2D eigenvalue weighted by molar-refractivity contribution is -0.139. The fraction of sp³-hybridized carbons (Fsp3) is 0.231. The van der Waals surface area contributed by atoms with E-state index in [9.17, 15) is 18.0 Å². The molecule has 2 amide bonds. The SMILES string of the molecule is CNC(=O)[C@@H](C)N(Cc1ccc(Br)cc1)C(=O)CN(c1cccc(Cl)c1)S(=O)(=O)c1ccc(C)cc1. The zero-order chi connectivity index (χ0) is 26.5. The average Bonchev–Trinajstić information content (AvgIpc) is 2.86. The summed E-state index contributed by atoms with van der Waals surface area (Å²) in [4.78, 5) is 27.6. The lowest BCUT2D eigenvalue weighted by Crippen LogP contribution is -2.50. The largest absolute Gasteiger partial charge is 0.357 e. The van der Waals surface area contributed by atoms with Gasteiger partial charge in [0.25, 0.3) is 10.0 Å². The molecule has 1 N–H and O–H groups in total. The van der Waals surface area contributed by atoms with E-state index < -0.39 is 28.5 Å². The molecule has 0 saturated carbocycles. The monoisotopic (exact) mass is 591 g/mol. The van der Waals surface area contributed by atoms with Crippen LogP contribution in [0.3, 0.4) is 0 Å². The number of carbonyl (C=O) groups excluding carboxylic acids is 2. The maximum atomic E-state index is 13.7. The predicted octanol–water partition coefficient (Wildman–Crippen LogP) is 4.77. The van der Waals surface area contributed by atoms with Crippen molar-refractivity contribution in [2.75, 3.05) is 17.9 Å². The molecular formula is C26H27BrClN3O4S. The third-order valence-electron chi connectivity index (χ3n) is 5.66. The third kappa shape index (κ3) is 6.66. The molecule has 0 bridgehead atoms. The fourth-order valence-corrected chi connectivity index (χ4v) is 5.43. The van der Waals surface area contributed by atoms with Gasteiger partial charge in [0.05, 0.1) is 10.6 Å². The predicted molar refractivity (Wildman–Crippen MR) is 145 cm³/mol. The number of halogens is 2. The molecule has 0 radical (unpaired) electrons. The Bertz CT molecular complexity index is 1330. The maximum absolute atomic E-state index is 13.7. The number of sulfonamides is 1. The normalized spacial score (nSPS) is 12.0. The molecule has 10 heteroatoms. The summed E-state index contributed by atoms with van der Waals surface area (Å²) in [5.41, 5.74) is 1.94. The van der Waals surface area contributed by atoms with Gasteiger partial charge in [0, 0.05) is 23.1 Å². The van der Waals surface area contributed by atoms with Gasteiger partial charge in [-0.05, 0) is 61.9 Å². The molecular weight excluding hydrogens is 566 g/mol. The number of rotatable bonds is 9. The number of anilines is 1. The van der Waals surface area contributed by atoms with Crippen molar-refractivity contribution in [3.8, 4) is 0 Å². The molecule has 3 rings (SSSR count). The molecule has 0 aliphatic rings. The van der Waals surface area contributed by atoms with Gasteiger partial charge in [-0.3, -0.25) is 13.9 Å². The lowest BCUT2D eigenvalue weighted by Gasteiger charge is -2.31. The smallest absolute Gasteiger partial charge is 0.264 e. The number of benzene rings is 3. The van der Waals surface area contributed by atoms with Crippen LogP contribution in [0.2, 0.25) is 5.02 Å². The Hall–Kier alpha value is -2.88. The van der Waals surface area contributed by atoms with Crippen molar-refractivity contribution >= 4 is 55.1 Å². The van der Waals surface area contributed by atoms with Crippen LogP contribution in [-0.2, 0) is 26.2 Å². The number of carbonyl (C=O) groups is 2. The van der Waals surface area contributed by atoms with Crippen molar-refractivity contribution < 1.29 is 18.0 Å². The van der Waals surface area contributed by atoms with Crippen LogP contribution in [0.15, 0.2) is 82.2 Å². The first kappa shape index (κ1) is 27.7. The highest BCUT2D eigenvalue weighted by Crippen LogP contribution is 2.27. The number of hydrogen-bond acceptors (Lipinski definition) is 4. The summed E-state index contributed by atoms with van der Waals surface area (Å²) in [6, 6.07) is 19.2. The Morgan fingerprint density at radius 3 is 2.25 bits per heavy atom. The Morgan fingerprint density at radius 2 is 1.67 bits per heavy atom. The zero-order valence-corrected chi connectivity index (χ0v) is 23.3. The van der Waals surface area contributed by atoms with Crippen molar-refractivity contribution in [3.05, 3.63) is 93.4 Å². The minimum absolute atomic E-state index is 0.0414. The molecule has 3 aromatic rings. The summed E-state index contributed by atoms with van der Waals surface area (Å²) in [6.07, 6.45) is 0. The Morgan fingerprint density at radius 1 is 1.03 bits per heavy atom. The summed E-state index contributed by atoms with van der Waals surface area (Å²) in [5, 5.41) is 2.89. The second-order valence-electron chi connectivity index (χ2n) is 8.24. The number of nitrogens with zero attached hydrogens (tertiary/aromatic N) is 2. The van der Waals surface area contributed by atoms with Crippen LogP contribution < -0.4 is 9.62 Å². The molecule has 0 aliphatic heterocycles. The summed E-state index contributed by atoms with van der Waals surface area (Å²) in [6.45, 7) is 3.06. The summed E-state index contributed by atoms with van der Waals surface area (Å²) in [5.74, 6) is -0.902. The van der Waals surface area contributed by atoms with Gasteiger partial charge in [0.1, 0.15) is 12.6 Å². The third-order valence-corrected chi connectivity index (χ3v) is 8.22. The van der Waals surface area contributed by atoms with Crippen molar-refractivity contribution in [3.63, 3.8) is 0 Å². The van der Waals surface area contributed by atoms with Crippen LogP contribution >= 0.6 is 27.5 Å². The number of aryl methyl sites for hydroxylation is 1. The van der Waals surface area contributed by atoms with Crippen molar-refractivity contribution in [2.24, 2.45) is 0 Å². The number of hydrogen-bond donors (Lipinski definition) is 1. The Labute approximate surface area is 225 Å². The van der Waals surface area contributed by atoms with Crippen LogP contribution in [-0.4, -0.2) is 44.8 Å². The molecule has 0 saturated heterocycles. The molecule has 0 spiro atoms. The average molecular weight is 593 g/mol. The highest BCUT2D eigenvalue weighted by Gasteiger charge is 2.32. The topological polar surface area (TPSA) is 86.8 Å². The second-order valence-corrected chi connectivity index (χ2v) is 11.5. The highest BCUT2D eigenvalue weighted by molar-refractivity contribution is 9.10. The van der Waals surface area contributed by atoms with Gasteiger partial charge in [-0.25, -0.2) is 8.42 Å². The number of nitrogens with one attached hydrogen (secondary N) is 1. The van der Waals surface area contributed by atoms with Gasteiger partial charge in [-0.15, -0.1) is 0 Å².